The normalized spacial score (nSPS) is 21.4. The molecule has 1 heterocycles. The minimum Gasteiger partial charge on any atom is -0.494 e. The third kappa shape index (κ3) is 2.56. The fraction of sp³-hybridized carbons (Fsp3) is 0.429. The van der Waals surface area contributed by atoms with Gasteiger partial charge in [-0.15, -0.1) is 0 Å². The minimum atomic E-state index is 0.0941. The van der Waals surface area contributed by atoms with E-state index in [-0.39, 0.29) is 11.8 Å². The molecule has 0 radical (unpaired) electrons. The highest BCUT2D eigenvalue weighted by molar-refractivity contribution is 7.22. The van der Waals surface area contributed by atoms with Gasteiger partial charge < -0.3 is 10.1 Å². The lowest BCUT2D eigenvalue weighted by Crippen LogP contribution is -2.14. The van der Waals surface area contributed by atoms with Gasteiger partial charge in [0.2, 0.25) is 5.91 Å². The highest BCUT2D eigenvalue weighted by atomic mass is 32.1. The summed E-state index contributed by atoms with van der Waals surface area (Å²) in [5, 5.41) is 3.58. The molecule has 0 saturated heterocycles. The number of nitrogens with one attached hydrogen (secondary N) is 1. The van der Waals surface area contributed by atoms with E-state index >= 15 is 0 Å². The van der Waals surface area contributed by atoms with Gasteiger partial charge in [0.1, 0.15) is 5.75 Å². The summed E-state index contributed by atoms with van der Waals surface area (Å²) in [6, 6.07) is 5.79. The van der Waals surface area contributed by atoms with E-state index in [1.807, 2.05) is 25.1 Å². The second-order valence-electron chi connectivity index (χ2n) is 4.89. The van der Waals surface area contributed by atoms with Crippen molar-refractivity contribution in [2.45, 2.75) is 20.3 Å². The Morgan fingerprint density at radius 3 is 3.05 bits per heavy atom. The lowest BCUT2D eigenvalue weighted by molar-refractivity contribution is -0.117. The number of aromatic nitrogens is 1. The van der Waals surface area contributed by atoms with E-state index in [1.165, 1.54) is 11.3 Å². The summed E-state index contributed by atoms with van der Waals surface area (Å²) in [6.45, 7) is 4.70. The number of carbonyl (C=O) groups excluding carboxylic acids is 1. The first kappa shape index (κ1) is 12.4. The predicted molar refractivity (Wildman–Crippen MR) is 76.7 cm³/mol. The maximum absolute atomic E-state index is 11.9. The lowest BCUT2D eigenvalue weighted by Gasteiger charge is -2.00. The molecule has 100 valence electrons. The van der Waals surface area contributed by atoms with E-state index in [4.69, 9.17) is 4.74 Å². The molecule has 2 aromatic rings. The van der Waals surface area contributed by atoms with E-state index < -0.39 is 0 Å². The molecular formula is C14H16N2O2S. The molecule has 1 aliphatic rings. The molecule has 1 amide bonds. The van der Waals surface area contributed by atoms with E-state index in [1.54, 1.807) is 0 Å². The van der Waals surface area contributed by atoms with Crippen LogP contribution in [0.15, 0.2) is 18.2 Å². The molecule has 0 aliphatic heterocycles. The van der Waals surface area contributed by atoms with Gasteiger partial charge in [-0.25, -0.2) is 4.98 Å². The van der Waals surface area contributed by atoms with Gasteiger partial charge in [0.15, 0.2) is 5.13 Å². The topological polar surface area (TPSA) is 51.2 Å². The molecule has 0 bridgehead atoms. The predicted octanol–water partition coefficient (Wildman–Crippen LogP) is 3.29. The molecule has 1 fully saturated rings. The van der Waals surface area contributed by atoms with Gasteiger partial charge in [0.25, 0.3) is 0 Å². The summed E-state index contributed by atoms with van der Waals surface area (Å²) in [5.41, 5.74) is 0.896. The zero-order chi connectivity index (χ0) is 13.4. The summed E-state index contributed by atoms with van der Waals surface area (Å²) < 4.78 is 6.49. The molecule has 1 saturated carbocycles. The van der Waals surface area contributed by atoms with Crippen LogP contribution in [0.5, 0.6) is 5.75 Å². The van der Waals surface area contributed by atoms with Crippen LogP contribution < -0.4 is 10.1 Å². The van der Waals surface area contributed by atoms with Gasteiger partial charge in [-0.2, -0.15) is 0 Å². The SMILES string of the molecule is CCOc1ccc2nc(NC(=O)[C@@H]3C[C@@H]3C)sc2c1. The Balaban J connectivity index is 1.79. The summed E-state index contributed by atoms with van der Waals surface area (Å²) in [5.74, 6) is 1.62. The van der Waals surface area contributed by atoms with Crippen molar-refractivity contribution in [2.75, 3.05) is 11.9 Å². The molecular weight excluding hydrogens is 260 g/mol. The maximum atomic E-state index is 11.9. The molecule has 0 unspecified atom stereocenters. The third-order valence-electron chi connectivity index (χ3n) is 3.35. The Bertz CT molecular complexity index is 623. The van der Waals surface area contributed by atoms with Crippen LogP contribution in [-0.2, 0) is 4.79 Å². The van der Waals surface area contributed by atoms with Gasteiger partial charge >= 0.3 is 0 Å². The van der Waals surface area contributed by atoms with E-state index in [0.717, 1.165) is 22.4 Å². The van der Waals surface area contributed by atoms with Crippen LogP contribution >= 0.6 is 11.3 Å². The van der Waals surface area contributed by atoms with Crippen molar-refractivity contribution in [3.05, 3.63) is 18.2 Å². The highest BCUT2D eigenvalue weighted by Crippen LogP contribution is 2.39. The minimum absolute atomic E-state index is 0.0941. The number of fused-ring (bicyclic) bond motifs is 1. The van der Waals surface area contributed by atoms with Crippen LogP contribution in [0.2, 0.25) is 0 Å². The average Bonchev–Trinajstić information content (AvgIpc) is 2.97. The zero-order valence-corrected chi connectivity index (χ0v) is 11.8. The molecule has 4 nitrogen and oxygen atoms in total. The number of ether oxygens (including phenoxy) is 1. The Morgan fingerprint density at radius 2 is 2.37 bits per heavy atom. The molecule has 19 heavy (non-hydrogen) atoms. The number of amides is 1. The number of hydrogen-bond donors (Lipinski definition) is 1. The number of benzene rings is 1. The monoisotopic (exact) mass is 276 g/mol. The Hall–Kier alpha value is -1.62. The summed E-state index contributed by atoms with van der Waals surface area (Å²) in [7, 11) is 0. The first-order chi connectivity index (χ1) is 9.17. The van der Waals surface area contributed by atoms with Crippen molar-refractivity contribution in [1.29, 1.82) is 0 Å². The van der Waals surface area contributed by atoms with Crippen molar-refractivity contribution in [1.82, 2.24) is 4.98 Å². The second-order valence-corrected chi connectivity index (χ2v) is 5.92. The van der Waals surface area contributed by atoms with Gasteiger partial charge in [-0.05, 0) is 37.5 Å². The van der Waals surface area contributed by atoms with Crippen molar-refractivity contribution >= 4 is 32.6 Å². The number of rotatable bonds is 4. The Morgan fingerprint density at radius 1 is 1.58 bits per heavy atom. The number of thiazole rings is 1. The standard InChI is InChI=1S/C14H16N2O2S/c1-3-18-9-4-5-11-12(7-9)19-14(15-11)16-13(17)10-6-8(10)2/h4-5,7-8,10H,3,6H2,1-2H3,(H,15,16,17)/t8-,10+/m0/s1. The highest BCUT2D eigenvalue weighted by Gasteiger charge is 2.39. The Labute approximate surface area is 115 Å². The van der Waals surface area contributed by atoms with Crippen LogP contribution in [0.3, 0.4) is 0 Å². The van der Waals surface area contributed by atoms with Crippen LogP contribution in [0.4, 0.5) is 5.13 Å². The van der Waals surface area contributed by atoms with Crippen LogP contribution in [0.25, 0.3) is 10.2 Å². The van der Waals surface area contributed by atoms with E-state index in [0.29, 0.717) is 17.7 Å². The summed E-state index contributed by atoms with van der Waals surface area (Å²) >= 11 is 1.49. The fourth-order valence-electron chi connectivity index (χ4n) is 2.10. The summed E-state index contributed by atoms with van der Waals surface area (Å²) in [4.78, 5) is 16.3. The number of anilines is 1. The van der Waals surface area contributed by atoms with Crippen molar-refractivity contribution in [2.24, 2.45) is 11.8 Å². The fourth-order valence-corrected chi connectivity index (χ4v) is 3.00. The molecule has 2 atom stereocenters. The zero-order valence-electron chi connectivity index (χ0n) is 11.0. The number of carbonyl (C=O) groups is 1. The van der Waals surface area contributed by atoms with E-state index in [2.05, 4.69) is 17.2 Å². The molecule has 3 rings (SSSR count). The third-order valence-corrected chi connectivity index (χ3v) is 4.28. The second kappa shape index (κ2) is 4.81. The van der Waals surface area contributed by atoms with Gasteiger partial charge in [-0.3, -0.25) is 4.79 Å². The molecule has 5 heteroatoms. The number of hydrogen-bond acceptors (Lipinski definition) is 4. The van der Waals surface area contributed by atoms with Crippen molar-refractivity contribution in [3.8, 4) is 5.75 Å². The van der Waals surface area contributed by atoms with Crippen LogP contribution in [0, 0.1) is 11.8 Å². The molecule has 1 aliphatic carbocycles. The summed E-state index contributed by atoms with van der Waals surface area (Å²) in [6.07, 6.45) is 0.991. The largest absolute Gasteiger partial charge is 0.494 e. The molecule has 1 aromatic heterocycles. The van der Waals surface area contributed by atoms with Crippen LogP contribution in [-0.4, -0.2) is 17.5 Å². The lowest BCUT2D eigenvalue weighted by atomic mass is 10.3. The maximum Gasteiger partial charge on any atom is 0.229 e. The number of nitrogens with zero attached hydrogens (tertiary/aromatic N) is 1. The van der Waals surface area contributed by atoms with E-state index in [9.17, 15) is 4.79 Å². The van der Waals surface area contributed by atoms with Gasteiger partial charge in [0.05, 0.1) is 16.8 Å². The first-order valence-corrected chi connectivity index (χ1v) is 7.33. The quantitative estimate of drug-likeness (QED) is 0.932. The van der Waals surface area contributed by atoms with Gasteiger partial charge in [0, 0.05) is 5.92 Å². The van der Waals surface area contributed by atoms with Crippen LogP contribution in [0.1, 0.15) is 20.3 Å². The van der Waals surface area contributed by atoms with Crippen molar-refractivity contribution < 1.29 is 9.53 Å². The van der Waals surface area contributed by atoms with Gasteiger partial charge in [-0.1, -0.05) is 18.3 Å². The van der Waals surface area contributed by atoms with Crippen molar-refractivity contribution in [3.63, 3.8) is 0 Å². The molecule has 1 N–H and O–H groups in total. The Kier molecular flexibility index (Phi) is 3.14. The molecule has 1 aromatic carbocycles. The smallest absolute Gasteiger partial charge is 0.229 e. The average molecular weight is 276 g/mol. The first-order valence-electron chi connectivity index (χ1n) is 6.51. The molecule has 0 spiro atoms.